The minimum Gasteiger partial charge on any atom is -0.388 e. The van der Waals surface area contributed by atoms with Gasteiger partial charge < -0.3 is 20.9 Å². The normalized spacial score (nSPS) is 43.6. The van der Waals surface area contributed by atoms with Crippen LogP contribution in [-0.2, 0) is 4.74 Å². The van der Waals surface area contributed by atoms with Gasteiger partial charge >= 0.3 is 0 Å². The Morgan fingerprint density at radius 1 is 1.13 bits per heavy atom. The minimum atomic E-state index is -0.739. The fourth-order valence-electron chi connectivity index (χ4n) is 2.76. The van der Waals surface area contributed by atoms with Crippen LogP contribution in [0, 0.1) is 0 Å². The molecule has 2 fully saturated rings. The lowest BCUT2D eigenvalue weighted by Gasteiger charge is -2.47. The lowest BCUT2D eigenvalue weighted by atomic mass is 9.71. The first-order chi connectivity index (χ1) is 7.16. The predicted molar refractivity (Wildman–Crippen MR) is 58.6 cm³/mol. The highest BCUT2D eigenvalue weighted by atomic mass is 16.5. The Labute approximate surface area is 91.2 Å². The molecule has 2 saturated heterocycles. The molecule has 0 aromatic carbocycles. The smallest absolute Gasteiger partial charge is 0.0861 e. The van der Waals surface area contributed by atoms with Crippen LogP contribution in [0.5, 0.6) is 0 Å². The van der Waals surface area contributed by atoms with Crippen molar-refractivity contribution in [2.24, 2.45) is 5.73 Å². The van der Waals surface area contributed by atoms with Gasteiger partial charge in [-0.1, -0.05) is 0 Å². The van der Waals surface area contributed by atoms with Crippen molar-refractivity contribution in [1.29, 1.82) is 0 Å². The van der Waals surface area contributed by atoms with Crippen molar-refractivity contribution < 1.29 is 9.84 Å². The molecule has 15 heavy (non-hydrogen) atoms. The van der Waals surface area contributed by atoms with E-state index in [1.54, 1.807) is 0 Å². The number of rotatable bonds is 1. The molecule has 2 aliphatic heterocycles. The number of nitrogens with one attached hydrogen (secondary N) is 1. The summed E-state index contributed by atoms with van der Waals surface area (Å²) < 4.78 is 5.39. The molecule has 88 valence electrons. The SMILES string of the molecule is NC1(C2(O)CCCOCC2)CCCNC1. The lowest BCUT2D eigenvalue weighted by molar-refractivity contribution is -0.0597. The molecule has 2 heterocycles. The maximum absolute atomic E-state index is 10.7. The molecular weight excluding hydrogens is 192 g/mol. The van der Waals surface area contributed by atoms with E-state index in [0.29, 0.717) is 13.0 Å². The Hall–Kier alpha value is -0.160. The fraction of sp³-hybridized carbons (Fsp3) is 1.00. The van der Waals surface area contributed by atoms with E-state index in [2.05, 4.69) is 5.32 Å². The summed E-state index contributed by atoms with van der Waals surface area (Å²) in [7, 11) is 0. The van der Waals surface area contributed by atoms with Crippen molar-refractivity contribution in [3.63, 3.8) is 0 Å². The van der Waals surface area contributed by atoms with Crippen LogP contribution in [0.3, 0.4) is 0 Å². The third-order valence-corrected chi connectivity index (χ3v) is 3.88. The quantitative estimate of drug-likeness (QED) is 0.575. The average molecular weight is 214 g/mol. The fourth-order valence-corrected chi connectivity index (χ4v) is 2.76. The second kappa shape index (κ2) is 4.37. The van der Waals surface area contributed by atoms with Crippen LogP contribution in [0.2, 0.25) is 0 Å². The van der Waals surface area contributed by atoms with Gasteiger partial charge in [-0.05, 0) is 32.2 Å². The van der Waals surface area contributed by atoms with Gasteiger partial charge in [0.25, 0.3) is 0 Å². The summed E-state index contributed by atoms with van der Waals surface area (Å²) in [5.74, 6) is 0. The van der Waals surface area contributed by atoms with Gasteiger partial charge in [0, 0.05) is 26.2 Å². The molecule has 2 unspecified atom stereocenters. The Kier molecular flexibility index (Phi) is 3.30. The van der Waals surface area contributed by atoms with Crippen LogP contribution in [0.1, 0.15) is 32.1 Å². The van der Waals surface area contributed by atoms with Gasteiger partial charge in [0.15, 0.2) is 0 Å². The van der Waals surface area contributed by atoms with Crippen molar-refractivity contribution in [1.82, 2.24) is 5.32 Å². The van der Waals surface area contributed by atoms with Crippen molar-refractivity contribution in [2.45, 2.75) is 43.2 Å². The van der Waals surface area contributed by atoms with Gasteiger partial charge in [-0.2, -0.15) is 0 Å². The number of nitrogens with two attached hydrogens (primary N) is 1. The third-order valence-electron chi connectivity index (χ3n) is 3.88. The number of aliphatic hydroxyl groups is 1. The van der Waals surface area contributed by atoms with E-state index in [9.17, 15) is 5.11 Å². The van der Waals surface area contributed by atoms with Gasteiger partial charge in [0.1, 0.15) is 0 Å². The lowest BCUT2D eigenvalue weighted by Crippen LogP contribution is -2.67. The van der Waals surface area contributed by atoms with Gasteiger partial charge in [0.2, 0.25) is 0 Å². The van der Waals surface area contributed by atoms with E-state index in [4.69, 9.17) is 10.5 Å². The molecule has 4 heteroatoms. The molecule has 0 aliphatic carbocycles. The van der Waals surface area contributed by atoms with E-state index in [0.717, 1.165) is 45.4 Å². The van der Waals surface area contributed by atoms with Crippen molar-refractivity contribution in [2.75, 3.05) is 26.3 Å². The highest BCUT2D eigenvalue weighted by Gasteiger charge is 2.47. The van der Waals surface area contributed by atoms with E-state index in [1.807, 2.05) is 0 Å². The zero-order valence-electron chi connectivity index (χ0n) is 9.30. The largest absolute Gasteiger partial charge is 0.388 e. The summed E-state index contributed by atoms with van der Waals surface area (Å²) in [4.78, 5) is 0. The summed E-state index contributed by atoms with van der Waals surface area (Å²) in [6, 6.07) is 0. The highest BCUT2D eigenvalue weighted by molar-refractivity contribution is 5.06. The van der Waals surface area contributed by atoms with Crippen molar-refractivity contribution in [3.05, 3.63) is 0 Å². The van der Waals surface area contributed by atoms with Crippen LogP contribution in [0.4, 0.5) is 0 Å². The maximum Gasteiger partial charge on any atom is 0.0861 e. The number of piperidine rings is 1. The van der Waals surface area contributed by atoms with Gasteiger partial charge in [0.05, 0.1) is 11.1 Å². The summed E-state index contributed by atoms with van der Waals surface area (Å²) >= 11 is 0. The van der Waals surface area contributed by atoms with Crippen LogP contribution >= 0.6 is 0 Å². The standard InChI is InChI=1S/C11H22N2O2/c12-10(3-1-6-13-9-10)11(14)4-2-7-15-8-5-11/h13-14H,1-9,12H2. The molecule has 0 aromatic heterocycles. The topological polar surface area (TPSA) is 67.5 Å². The Balaban J connectivity index is 2.10. The van der Waals surface area contributed by atoms with E-state index < -0.39 is 11.1 Å². The molecule has 0 aromatic rings. The van der Waals surface area contributed by atoms with Gasteiger partial charge in [-0.3, -0.25) is 0 Å². The second-order valence-corrected chi connectivity index (χ2v) is 4.93. The first-order valence-corrected chi connectivity index (χ1v) is 5.96. The zero-order valence-corrected chi connectivity index (χ0v) is 9.30. The van der Waals surface area contributed by atoms with Crippen molar-refractivity contribution >= 4 is 0 Å². The molecule has 0 amide bonds. The van der Waals surface area contributed by atoms with E-state index >= 15 is 0 Å². The number of hydrogen-bond donors (Lipinski definition) is 3. The summed E-state index contributed by atoms with van der Waals surface area (Å²) in [6.07, 6.45) is 4.32. The first kappa shape index (κ1) is 11.3. The van der Waals surface area contributed by atoms with Crippen LogP contribution < -0.4 is 11.1 Å². The average Bonchev–Trinajstić information content (AvgIpc) is 2.45. The second-order valence-electron chi connectivity index (χ2n) is 4.93. The highest BCUT2D eigenvalue weighted by Crippen LogP contribution is 2.34. The molecule has 0 saturated carbocycles. The van der Waals surface area contributed by atoms with Gasteiger partial charge in [-0.25, -0.2) is 0 Å². The molecule has 4 N–H and O–H groups in total. The summed E-state index contributed by atoms with van der Waals surface area (Å²) in [6.45, 7) is 3.14. The van der Waals surface area contributed by atoms with Crippen molar-refractivity contribution in [3.8, 4) is 0 Å². The Bertz CT molecular complexity index is 207. The van der Waals surface area contributed by atoms with Crippen LogP contribution in [-0.4, -0.2) is 42.5 Å². The molecule has 2 atom stereocenters. The monoisotopic (exact) mass is 214 g/mol. The summed E-state index contributed by atoms with van der Waals surface area (Å²) in [5.41, 5.74) is 5.17. The first-order valence-electron chi connectivity index (χ1n) is 5.96. The third kappa shape index (κ3) is 2.18. The molecule has 2 aliphatic rings. The Morgan fingerprint density at radius 2 is 2.00 bits per heavy atom. The predicted octanol–water partition coefficient (Wildman–Crippen LogP) is -0.00110. The minimum absolute atomic E-state index is 0.459. The molecule has 4 nitrogen and oxygen atoms in total. The molecule has 0 spiro atoms. The summed E-state index contributed by atoms with van der Waals surface area (Å²) in [5, 5.41) is 14.0. The van der Waals surface area contributed by atoms with Crippen LogP contribution in [0.25, 0.3) is 0 Å². The molecule has 2 rings (SSSR count). The molecular formula is C11H22N2O2. The van der Waals surface area contributed by atoms with Crippen LogP contribution in [0.15, 0.2) is 0 Å². The van der Waals surface area contributed by atoms with Gasteiger partial charge in [-0.15, -0.1) is 0 Å². The van der Waals surface area contributed by atoms with E-state index in [1.165, 1.54) is 0 Å². The number of ether oxygens (including phenoxy) is 1. The number of hydrogen-bond acceptors (Lipinski definition) is 4. The zero-order chi connectivity index (χ0) is 10.8. The molecule has 0 radical (unpaired) electrons. The molecule has 0 bridgehead atoms. The maximum atomic E-state index is 10.7. The van der Waals surface area contributed by atoms with E-state index in [-0.39, 0.29) is 0 Å². The Morgan fingerprint density at radius 3 is 2.73 bits per heavy atom.